The third kappa shape index (κ3) is 2.27. The Kier molecular flexibility index (Phi) is 3.48. The molecule has 0 amide bonds. The van der Waals surface area contributed by atoms with Crippen molar-refractivity contribution >= 4 is 10.9 Å². The van der Waals surface area contributed by atoms with Crippen LogP contribution in [0, 0.1) is 11.3 Å². The number of rotatable bonds is 2. The molecule has 0 bridgehead atoms. The summed E-state index contributed by atoms with van der Waals surface area (Å²) in [5.41, 5.74) is 2.57. The molecule has 2 aromatic carbocycles. The van der Waals surface area contributed by atoms with Gasteiger partial charge in [0.2, 0.25) is 0 Å². The monoisotopic (exact) mass is 289 g/mol. The first kappa shape index (κ1) is 14.0. The van der Waals surface area contributed by atoms with Crippen LogP contribution in [-0.4, -0.2) is 9.55 Å². The molecule has 1 heterocycles. The number of nitriles is 1. The molecule has 3 aromatic rings. The molecule has 0 atom stereocenters. The summed E-state index contributed by atoms with van der Waals surface area (Å²) in [5, 5.41) is 9.97. The summed E-state index contributed by atoms with van der Waals surface area (Å²) in [4.78, 5) is 16.7. The number of nitrogens with zero attached hydrogens (tertiary/aromatic N) is 3. The predicted octanol–water partition coefficient (Wildman–Crippen LogP) is 3.52. The summed E-state index contributed by atoms with van der Waals surface area (Å²) >= 11 is 0. The van der Waals surface area contributed by atoms with Crippen LogP contribution in [0.5, 0.6) is 0 Å². The van der Waals surface area contributed by atoms with Crippen LogP contribution in [0.15, 0.2) is 53.3 Å². The van der Waals surface area contributed by atoms with E-state index in [2.05, 4.69) is 11.1 Å². The molecule has 22 heavy (non-hydrogen) atoms. The molecule has 1 aromatic heterocycles. The lowest BCUT2D eigenvalue weighted by molar-refractivity contribution is 0.587. The normalized spacial score (nSPS) is 10.8. The number of aromatic nitrogens is 2. The molecule has 3 rings (SSSR count). The summed E-state index contributed by atoms with van der Waals surface area (Å²) in [6.07, 6.45) is 0. The maximum absolute atomic E-state index is 12.4. The molecule has 4 heteroatoms. The molecular weight excluding hydrogens is 274 g/mol. The van der Waals surface area contributed by atoms with Gasteiger partial charge < -0.3 is 0 Å². The van der Waals surface area contributed by atoms with E-state index in [1.807, 2.05) is 50.2 Å². The van der Waals surface area contributed by atoms with Gasteiger partial charge in [0, 0.05) is 17.0 Å². The van der Waals surface area contributed by atoms with E-state index in [1.165, 1.54) is 0 Å². The van der Waals surface area contributed by atoms with Crippen molar-refractivity contribution in [1.82, 2.24) is 9.55 Å². The van der Waals surface area contributed by atoms with E-state index in [9.17, 15) is 4.79 Å². The van der Waals surface area contributed by atoms with Crippen LogP contribution < -0.4 is 5.69 Å². The van der Waals surface area contributed by atoms with Gasteiger partial charge >= 0.3 is 5.69 Å². The molecule has 0 fully saturated rings. The summed E-state index contributed by atoms with van der Waals surface area (Å²) in [5.74, 6) is 0. The lowest BCUT2D eigenvalue weighted by Crippen LogP contribution is -2.25. The van der Waals surface area contributed by atoms with Crippen LogP contribution in [-0.2, 0) is 0 Å². The van der Waals surface area contributed by atoms with Crippen LogP contribution in [0.2, 0.25) is 0 Å². The largest absolute Gasteiger partial charge is 0.348 e. The summed E-state index contributed by atoms with van der Waals surface area (Å²) in [6.45, 7) is 3.89. The fourth-order valence-corrected chi connectivity index (χ4v) is 2.63. The van der Waals surface area contributed by atoms with Crippen LogP contribution in [0.1, 0.15) is 25.5 Å². The Hall–Kier alpha value is -2.93. The van der Waals surface area contributed by atoms with Gasteiger partial charge in [0.1, 0.15) is 0 Å². The molecule has 0 aliphatic heterocycles. The van der Waals surface area contributed by atoms with Crippen LogP contribution >= 0.6 is 0 Å². The number of hydrogen-bond donors (Lipinski definition) is 0. The zero-order valence-electron chi connectivity index (χ0n) is 12.4. The Labute approximate surface area is 128 Å². The van der Waals surface area contributed by atoms with Gasteiger partial charge in [-0.3, -0.25) is 4.57 Å². The van der Waals surface area contributed by atoms with Gasteiger partial charge in [0.15, 0.2) is 0 Å². The van der Waals surface area contributed by atoms with Crippen molar-refractivity contribution in [1.29, 1.82) is 5.26 Å². The van der Waals surface area contributed by atoms with Gasteiger partial charge in [-0.25, -0.2) is 4.79 Å². The highest BCUT2D eigenvalue weighted by molar-refractivity contribution is 5.93. The molecule has 108 valence electrons. The highest BCUT2D eigenvalue weighted by Gasteiger charge is 2.14. The van der Waals surface area contributed by atoms with E-state index >= 15 is 0 Å². The Morgan fingerprint density at radius 2 is 1.86 bits per heavy atom. The van der Waals surface area contributed by atoms with Gasteiger partial charge in [-0.2, -0.15) is 10.2 Å². The van der Waals surface area contributed by atoms with Crippen molar-refractivity contribution in [2.45, 2.75) is 19.9 Å². The average Bonchev–Trinajstić information content (AvgIpc) is 2.54. The first-order valence-electron chi connectivity index (χ1n) is 7.13. The van der Waals surface area contributed by atoms with Crippen molar-refractivity contribution in [2.24, 2.45) is 0 Å². The second-order valence-corrected chi connectivity index (χ2v) is 5.42. The first-order chi connectivity index (χ1) is 10.6. The van der Waals surface area contributed by atoms with Gasteiger partial charge in [-0.1, -0.05) is 30.3 Å². The SMILES string of the molecule is CC(C)n1c(=O)nc(-c2ccccc2)c2cc(C#N)ccc21. The zero-order valence-corrected chi connectivity index (χ0v) is 12.4. The van der Waals surface area contributed by atoms with E-state index < -0.39 is 0 Å². The van der Waals surface area contributed by atoms with Crippen molar-refractivity contribution in [3.05, 3.63) is 64.6 Å². The summed E-state index contributed by atoms with van der Waals surface area (Å²) in [6, 6.07) is 17.1. The topological polar surface area (TPSA) is 58.7 Å². The minimum absolute atomic E-state index is 0.000240. The Bertz CT molecular complexity index is 934. The first-order valence-corrected chi connectivity index (χ1v) is 7.13. The highest BCUT2D eigenvalue weighted by Crippen LogP contribution is 2.27. The lowest BCUT2D eigenvalue weighted by atomic mass is 10.0. The van der Waals surface area contributed by atoms with Crippen LogP contribution in [0.4, 0.5) is 0 Å². The van der Waals surface area contributed by atoms with Crippen molar-refractivity contribution in [2.75, 3.05) is 0 Å². The van der Waals surface area contributed by atoms with Gasteiger partial charge in [0.05, 0.1) is 22.8 Å². The van der Waals surface area contributed by atoms with E-state index in [0.717, 1.165) is 16.5 Å². The van der Waals surface area contributed by atoms with Crippen LogP contribution in [0.25, 0.3) is 22.2 Å². The zero-order chi connectivity index (χ0) is 15.7. The fourth-order valence-electron chi connectivity index (χ4n) is 2.63. The van der Waals surface area contributed by atoms with Crippen molar-refractivity contribution in [3.8, 4) is 17.3 Å². The third-order valence-corrected chi connectivity index (χ3v) is 3.62. The maximum atomic E-state index is 12.4. The summed E-state index contributed by atoms with van der Waals surface area (Å²) in [7, 11) is 0. The molecule has 0 aliphatic rings. The Morgan fingerprint density at radius 3 is 2.50 bits per heavy atom. The van der Waals surface area contributed by atoms with E-state index in [0.29, 0.717) is 11.3 Å². The maximum Gasteiger partial charge on any atom is 0.348 e. The molecule has 0 aliphatic carbocycles. The lowest BCUT2D eigenvalue weighted by Gasteiger charge is -2.15. The van der Waals surface area contributed by atoms with Crippen molar-refractivity contribution in [3.63, 3.8) is 0 Å². The van der Waals surface area contributed by atoms with Gasteiger partial charge in [0.25, 0.3) is 0 Å². The van der Waals surface area contributed by atoms with Gasteiger partial charge in [-0.15, -0.1) is 0 Å². The second kappa shape index (κ2) is 5.45. The molecular formula is C18H15N3O. The third-order valence-electron chi connectivity index (χ3n) is 3.62. The van der Waals surface area contributed by atoms with E-state index in [4.69, 9.17) is 5.26 Å². The predicted molar refractivity (Wildman–Crippen MR) is 86.5 cm³/mol. The van der Waals surface area contributed by atoms with Crippen LogP contribution in [0.3, 0.4) is 0 Å². The van der Waals surface area contributed by atoms with E-state index in [1.54, 1.807) is 16.7 Å². The summed E-state index contributed by atoms with van der Waals surface area (Å²) < 4.78 is 1.66. The fraction of sp³-hybridized carbons (Fsp3) is 0.167. The van der Waals surface area contributed by atoms with E-state index in [-0.39, 0.29) is 11.7 Å². The quantitative estimate of drug-likeness (QED) is 0.725. The number of hydrogen-bond acceptors (Lipinski definition) is 3. The van der Waals surface area contributed by atoms with Gasteiger partial charge in [-0.05, 0) is 32.0 Å². The molecule has 4 nitrogen and oxygen atoms in total. The molecule has 0 saturated carbocycles. The number of benzene rings is 2. The minimum atomic E-state index is -0.272. The molecule has 0 saturated heterocycles. The smallest absolute Gasteiger partial charge is 0.289 e. The Morgan fingerprint density at radius 1 is 1.14 bits per heavy atom. The molecule has 0 spiro atoms. The van der Waals surface area contributed by atoms with Crippen molar-refractivity contribution < 1.29 is 0 Å². The second-order valence-electron chi connectivity index (χ2n) is 5.42. The Balaban J connectivity index is 2.46. The average molecular weight is 289 g/mol. The standard InChI is InChI=1S/C18H15N3O/c1-12(2)21-16-9-8-13(11-19)10-15(16)17(20-18(21)22)14-6-4-3-5-7-14/h3-10,12H,1-2H3. The molecule has 0 radical (unpaired) electrons. The highest BCUT2D eigenvalue weighted by atomic mass is 16.1. The number of fused-ring (bicyclic) bond motifs is 1. The minimum Gasteiger partial charge on any atom is -0.289 e. The molecule has 0 N–H and O–H groups in total. The molecule has 0 unspecified atom stereocenters.